The highest BCUT2D eigenvalue weighted by Crippen LogP contribution is 2.38. The molecule has 8 nitrogen and oxygen atoms in total. The molecular formula is C16H16N3O5S-. The molecule has 0 N–H and O–H groups in total. The van der Waals surface area contributed by atoms with E-state index >= 15 is 0 Å². The van der Waals surface area contributed by atoms with Crippen LogP contribution in [0.1, 0.15) is 5.56 Å². The molecule has 0 bridgehead atoms. The number of rotatable bonds is 6. The van der Waals surface area contributed by atoms with Gasteiger partial charge in [0.15, 0.2) is 16.7 Å². The van der Waals surface area contributed by atoms with Crippen LogP contribution in [0.15, 0.2) is 35.7 Å². The van der Waals surface area contributed by atoms with Gasteiger partial charge in [0.05, 0.1) is 49.6 Å². The number of hydrogen-bond acceptors (Lipinski definition) is 7. The molecule has 2 aromatic heterocycles. The zero-order valence-corrected chi connectivity index (χ0v) is 14.7. The molecule has 0 amide bonds. The van der Waals surface area contributed by atoms with Gasteiger partial charge >= 0.3 is 0 Å². The van der Waals surface area contributed by atoms with Gasteiger partial charge in [0.25, 0.3) is 0 Å². The van der Waals surface area contributed by atoms with Crippen molar-refractivity contribution < 1.29 is 18.4 Å². The number of methoxy groups -OCH3 is 3. The Hall–Kier alpha value is -2.81. The molecule has 0 aliphatic carbocycles. The van der Waals surface area contributed by atoms with Crippen molar-refractivity contribution in [1.29, 1.82) is 0 Å². The van der Waals surface area contributed by atoms with Gasteiger partial charge in [0, 0.05) is 6.20 Å². The van der Waals surface area contributed by atoms with Crippen molar-refractivity contribution in [3.8, 4) is 17.2 Å². The number of ether oxygens (including phenoxy) is 3. The molecule has 9 heteroatoms. The predicted octanol–water partition coefficient (Wildman–Crippen LogP) is 2.11. The van der Waals surface area contributed by atoms with Crippen LogP contribution in [0.3, 0.4) is 0 Å². The van der Waals surface area contributed by atoms with Gasteiger partial charge in [-0.1, -0.05) is 0 Å². The Morgan fingerprint density at radius 3 is 2.40 bits per heavy atom. The standard InChI is InChI=1S/C16H16N3O5S/c1-22-13-6-10(7-14(23-2)15(13)24-3)9-25(21)16-18-11-8-17-5-4-12(11)19(16)20/h4-8H,9H2,1-3H3/q-1. The molecule has 1 atom stereocenters. The minimum atomic E-state index is -1.65. The maximum Gasteiger partial charge on any atom is 0.203 e. The van der Waals surface area contributed by atoms with Crippen molar-refractivity contribution in [1.82, 2.24) is 14.7 Å². The molecule has 0 radical (unpaired) electrons. The van der Waals surface area contributed by atoms with E-state index in [2.05, 4.69) is 9.97 Å². The fourth-order valence-corrected chi connectivity index (χ4v) is 3.55. The first-order chi connectivity index (χ1) is 12.1. The molecule has 0 spiro atoms. The maximum absolute atomic E-state index is 12.7. The van der Waals surface area contributed by atoms with E-state index in [0.717, 1.165) is 0 Å². The van der Waals surface area contributed by atoms with Crippen molar-refractivity contribution in [3.63, 3.8) is 0 Å². The van der Waals surface area contributed by atoms with Gasteiger partial charge in [-0.3, -0.25) is 9.19 Å². The Labute approximate surface area is 146 Å². The van der Waals surface area contributed by atoms with E-state index in [0.29, 0.717) is 38.6 Å². The van der Waals surface area contributed by atoms with Gasteiger partial charge in [-0.2, -0.15) is 0 Å². The molecule has 1 aromatic carbocycles. The summed E-state index contributed by atoms with van der Waals surface area (Å²) in [5.74, 6) is 1.43. The molecule has 0 aliphatic heterocycles. The largest absolute Gasteiger partial charge is 0.804 e. The highest BCUT2D eigenvalue weighted by atomic mass is 32.2. The summed E-state index contributed by atoms with van der Waals surface area (Å²) >= 11 is 0. The zero-order chi connectivity index (χ0) is 18.0. The first kappa shape index (κ1) is 17.0. The summed E-state index contributed by atoms with van der Waals surface area (Å²) in [4.78, 5) is 8.04. The lowest BCUT2D eigenvalue weighted by Gasteiger charge is -2.15. The molecule has 132 valence electrons. The minimum Gasteiger partial charge on any atom is -0.804 e. The number of hydrogen-bond donors (Lipinski definition) is 0. The summed E-state index contributed by atoms with van der Waals surface area (Å²) in [5.41, 5.74) is 1.41. The minimum absolute atomic E-state index is 0.0586. The van der Waals surface area contributed by atoms with Crippen LogP contribution in [0.2, 0.25) is 0 Å². The SMILES string of the molecule is COc1cc(CS(=O)c2nc3cnccc3n2[O-])cc(OC)c1OC. The maximum atomic E-state index is 12.7. The molecule has 0 fully saturated rings. The van der Waals surface area contributed by atoms with Crippen LogP contribution in [0.25, 0.3) is 11.0 Å². The lowest BCUT2D eigenvalue weighted by molar-refractivity contribution is 0.324. The number of nitrogens with zero attached hydrogens (tertiary/aromatic N) is 3. The van der Waals surface area contributed by atoms with Crippen molar-refractivity contribution in [2.45, 2.75) is 10.9 Å². The molecule has 0 saturated heterocycles. The lowest BCUT2D eigenvalue weighted by atomic mass is 10.2. The van der Waals surface area contributed by atoms with Crippen LogP contribution in [0.5, 0.6) is 17.2 Å². The van der Waals surface area contributed by atoms with Crippen LogP contribution >= 0.6 is 0 Å². The summed E-state index contributed by atoms with van der Waals surface area (Å²) in [6.45, 7) is 0. The molecule has 25 heavy (non-hydrogen) atoms. The monoisotopic (exact) mass is 362 g/mol. The Bertz CT molecular complexity index is 916. The number of fused-ring (bicyclic) bond motifs is 1. The molecule has 3 aromatic rings. The van der Waals surface area contributed by atoms with Gasteiger partial charge in [0.2, 0.25) is 5.75 Å². The van der Waals surface area contributed by atoms with Crippen molar-refractivity contribution >= 4 is 21.8 Å². The van der Waals surface area contributed by atoms with Crippen molar-refractivity contribution in [3.05, 3.63) is 41.4 Å². The van der Waals surface area contributed by atoms with Gasteiger partial charge in [-0.25, -0.2) is 4.98 Å². The lowest BCUT2D eigenvalue weighted by Crippen LogP contribution is -2.04. The fourth-order valence-electron chi connectivity index (χ4n) is 2.47. The molecule has 3 rings (SSSR count). The second kappa shape index (κ2) is 6.98. The molecule has 2 heterocycles. The first-order valence-corrected chi connectivity index (χ1v) is 8.58. The highest BCUT2D eigenvalue weighted by Gasteiger charge is 2.17. The molecule has 0 saturated carbocycles. The first-order valence-electron chi connectivity index (χ1n) is 7.26. The van der Waals surface area contributed by atoms with Gasteiger partial charge in [0.1, 0.15) is 5.52 Å². The van der Waals surface area contributed by atoms with E-state index in [1.165, 1.54) is 39.8 Å². The quantitative estimate of drug-likeness (QED) is 0.662. The fraction of sp³-hybridized carbons (Fsp3) is 0.250. The Morgan fingerprint density at radius 1 is 1.16 bits per heavy atom. The molecular weight excluding hydrogens is 346 g/mol. The third-order valence-electron chi connectivity index (χ3n) is 3.61. The summed E-state index contributed by atoms with van der Waals surface area (Å²) in [5, 5.41) is 12.2. The highest BCUT2D eigenvalue weighted by molar-refractivity contribution is 7.84. The van der Waals surface area contributed by atoms with Crippen LogP contribution in [0.4, 0.5) is 0 Å². The second-order valence-corrected chi connectivity index (χ2v) is 6.42. The number of aromatic nitrogens is 3. The average Bonchev–Trinajstić information content (AvgIpc) is 2.98. The van der Waals surface area contributed by atoms with E-state index in [9.17, 15) is 9.42 Å². The van der Waals surface area contributed by atoms with Gasteiger partial charge in [-0.05, 0) is 23.8 Å². The van der Waals surface area contributed by atoms with E-state index in [4.69, 9.17) is 14.2 Å². The van der Waals surface area contributed by atoms with Crippen molar-refractivity contribution in [2.75, 3.05) is 21.3 Å². The van der Waals surface area contributed by atoms with Crippen LogP contribution in [-0.4, -0.2) is 40.2 Å². The van der Waals surface area contributed by atoms with Crippen LogP contribution in [-0.2, 0) is 16.6 Å². The normalized spacial score (nSPS) is 12.1. The zero-order valence-electron chi connectivity index (χ0n) is 13.9. The predicted molar refractivity (Wildman–Crippen MR) is 92.5 cm³/mol. The third-order valence-corrected chi connectivity index (χ3v) is 4.87. The van der Waals surface area contributed by atoms with E-state index < -0.39 is 10.8 Å². The number of pyridine rings is 1. The topological polar surface area (TPSA) is 98.5 Å². The average molecular weight is 362 g/mol. The molecule has 0 aliphatic rings. The third kappa shape index (κ3) is 3.10. The van der Waals surface area contributed by atoms with Crippen LogP contribution < -0.4 is 14.2 Å². The Balaban J connectivity index is 1.96. The second-order valence-electron chi connectivity index (χ2n) is 5.08. The van der Waals surface area contributed by atoms with Crippen LogP contribution in [0, 0.1) is 5.21 Å². The van der Waals surface area contributed by atoms with E-state index in [-0.39, 0.29) is 10.9 Å². The number of imidazole rings is 1. The van der Waals surface area contributed by atoms with Gasteiger partial charge in [-0.15, -0.1) is 0 Å². The van der Waals surface area contributed by atoms with Gasteiger partial charge < -0.3 is 24.1 Å². The molecule has 1 unspecified atom stereocenters. The van der Waals surface area contributed by atoms with E-state index in [1.807, 2.05) is 0 Å². The summed E-state index contributed by atoms with van der Waals surface area (Å²) < 4.78 is 29.1. The Kier molecular flexibility index (Phi) is 4.75. The summed E-state index contributed by atoms with van der Waals surface area (Å²) in [6.07, 6.45) is 2.95. The van der Waals surface area contributed by atoms with Crippen molar-refractivity contribution in [2.24, 2.45) is 0 Å². The number of benzene rings is 1. The smallest absolute Gasteiger partial charge is 0.203 e. The summed E-state index contributed by atoms with van der Waals surface area (Å²) in [6, 6.07) is 4.92. The van der Waals surface area contributed by atoms with E-state index in [1.54, 1.807) is 12.1 Å². The summed E-state index contributed by atoms with van der Waals surface area (Å²) in [7, 11) is 2.86. The Morgan fingerprint density at radius 2 is 1.84 bits per heavy atom.